The van der Waals surface area contributed by atoms with E-state index in [1.807, 2.05) is 48.6 Å². The molecule has 8 heterocycles. The van der Waals surface area contributed by atoms with Gasteiger partial charge in [0.15, 0.2) is 11.5 Å². The number of hydrogen-bond donors (Lipinski definition) is 3. The van der Waals surface area contributed by atoms with E-state index in [2.05, 4.69) is 42.5 Å². The Morgan fingerprint density at radius 1 is 0.818 bits per heavy atom. The van der Waals surface area contributed by atoms with Gasteiger partial charge in [0.25, 0.3) is 17.4 Å². The number of nitrogens with one attached hydrogen (secondary N) is 2. The molecule has 2 atom stereocenters. The van der Waals surface area contributed by atoms with Gasteiger partial charge in [-0.15, -0.1) is 0 Å². The Kier molecular flexibility index (Phi) is 10.4. The Hall–Kier alpha value is -6.72. The molecule has 340 valence electrons. The van der Waals surface area contributed by atoms with Gasteiger partial charge in [0, 0.05) is 75.5 Å². The number of rotatable bonds is 7. The van der Waals surface area contributed by atoms with Crippen LogP contribution in [0, 0.1) is 11.3 Å². The summed E-state index contributed by atoms with van der Waals surface area (Å²) in [4.78, 5) is 86.8. The third-order valence-corrected chi connectivity index (χ3v) is 14.9. The number of pyridine rings is 1. The molecular formula is C49H53N11O6. The van der Waals surface area contributed by atoms with E-state index >= 15 is 0 Å². The molecule has 3 N–H and O–H groups in total. The van der Waals surface area contributed by atoms with Crippen molar-refractivity contribution >= 4 is 57.7 Å². The first-order chi connectivity index (χ1) is 31.9. The third-order valence-electron chi connectivity index (χ3n) is 14.9. The highest BCUT2D eigenvalue weighted by atomic mass is 16.3. The van der Waals surface area contributed by atoms with Gasteiger partial charge in [-0.3, -0.25) is 39.1 Å². The van der Waals surface area contributed by atoms with Crippen LogP contribution in [0.4, 0.5) is 23.0 Å². The van der Waals surface area contributed by atoms with Crippen molar-refractivity contribution in [3.8, 4) is 5.82 Å². The molecule has 3 aromatic heterocycles. The van der Waals surface area contributed by atoms with Crippen molar-refractivity contribution in [1.82, 2.24) is 39.4 Å². The zero-order valence-corrected chi connectivity index (χ0v) is 37.0. The molecule has 2 bridgehead atoms. The van der Waals surface area contributed by atoms with Crippen LogP contribution >= 0.6 is 0 Å². The summed E-state index contributed by atoms with van der Waals surface area (Å²) in [7, 11) is 0. The van der Waals surface area contributed by atoms with Crippen LogP contribution in [-0.4, -0.2) is 115 Å². The number of aromatic nitrogens is 5. The summed E-state index contributed by atoms with van der Waals surface area (Å²) in [6.45, 7) is 8.93. The highest BCUT2D eigenvalue weighted by molar-refractivity contribution is 6.23. The highest BCUT2D eigenvalue weighted by Crippen LogP contribution is 2.53. The van der Waals surface area contributed by atoms with E-state index in [-0.39, 0.29) is 24.3 Å². The molecule has 4 fully saturated rings. The number of carbonyl (C=O) groups is 4. The third kappa shape index (κ3) is 7.52. The summed E-state index contributed by atoms with van der Waals surface area (Å²) in [6.07, 6.45) is 11.5. The van der Waals surface area contributed by atoms with E-state index in [0.717, 1.165) is 80.6 Å². The van der Waals surface area contributed by atoms with E-state index in [1.165, 1.54) is 12.8 Å². The van der Waals surface area contributed by atoms with Gasteiger partial charge in [0.1, 0.15) is 17.0 Å². The van der Waals surface area contributed by atoms with Gasteiger partial charge in [0.05, 0.1) is 23.4 Å². The van der Waals surface area contributed by atoms with Crippen LogP contribution in [0.2, 0.25) is 0 Å². The standard InChI is InChI=1S/C49H53N11O6/c1-48(66)16-3-2-4-19-58-44(63)37-29-50-47(54-42(37)60(58)40-7-5-6-39(48)52-40)51-32-8-10-33(11-9-32)57-24-22-55(23-25-57)30-31-27-49(28-31)17-20-56(21-18-49)34-12-13-35-36(26-34)46(65)59(45(35)64)38-14-15-41(61)53-43(38)62/h2,4-13,26,29,31,38,66H,3,14-25,27-28,30H2,1H3,(H,50,51,54)(H,53,61,62)/b4-2-/t38?,48-/m1/s1. The topological polar surface area (TPSA) is 191 Å². The molecule has 0 radical (unpaired) electrons. The summed E-state index contributed by atoms with van der Waals surface area (Å²) in [5, 5.41) is 17.2. The minimum Gasteiger partial charge on any atom is -0.384 e. The molecule has 1 saturated carbocycles. The minimum absolute atomic E-state index is 0.0979. The lowest BCUT2D eigenvalue weighted by molar-refractivity contribution is -0.136. The lowest BCUT2D eigenvalue weighted by Gasteiger charge is -2.54. The van der Waals surface area contributed by atoms with Crippen molar-refractivity contribution in [3.63, 3.8) is 0 Å². The SMILES string of the molecule is C[C@@]1(O)CC/C=C\Cn2c(=O)c3cnc(Nc4ccc(N5CCN(CC6CC7(CCN(c8ccc9c(c8)C(=O)N(C8CCC(=O)NC8=O)C9=O)CC7)C6)CC5)cc4)nc3n2-c2cccc1n2. The molecule has 4 amide bonds. The van der Waals surface area contributed by atoms with E-state index in [4.69, 9.17) is 9.97 Å². The van der Waals surface area contributed by atoms with Crippen LogP contribution < -0.4 is 26.0 Å². The molecule has 1 unspecified atom stereocenters. The van der Waals surface area contributed by atoms with Crippen LogP contribution in [0.25, 0.3) is 16.9 Å². The van der Waals surface area contributed by atoms with Crippen LogP contribution in [0.1, 0.15) is 84.7 Å². The molecule has 5 aromatic rings. The molecule has 11 rings (SSSR count). The molecule has 17 nitrogen and oxygen atoms in total. The number of imide groups is 2. The Balaban J connectivity index is 0.667. The van der Waals surface area contributed by atoms with Crippen molar-refractivity contribution in [1.29, 1.82) is 0 Å². The second kappa shape index (κ2) is 16.3. The van der Waals surface area contributed by atoms with E-state index in [9.17, 15) is 29.1 Å². The number of piperidine rings is 2. The average Bonchev–Trinajstić information content (AvgIpc) is 3.72. The Morgan fingerprint density at radius 3 is 2.33 bits per heavy atom. The quantitative estimate of drug-likeness (QED) is 0.153. The first-order valence-corrected chi connectivity index (χ1v) is 23.2. The average molecular weight is 892 g/mol. The van der Waals surface area contributed by atoms with Gasteiger partial charge < -0.3 is 20.2 Å². The van der Waals surface area contributed by atoms with Crippen molar-refractivity contribution in [2.24, 2.45) is 11.3 Å². The molecule has 1 spiro atoms. The van der Waals surface area contributed by atoms with Gasteiger partial charge in [-0.05, 0) is 118 Å². The smallest absolute Gasteiger partial charge is 0.278 e. The van der Waals surface area contributed by atoms with Crippen LogP contribution in [-0.2, 0) is 21.7 Å². The summed E-state index contributed by atoms with van der Waals surface area (Å²) in [6, 6.07) is 18.2. The Morgan fingerprint density at radius 2 is 1.56 bits per heavy atom. The van der Waals surface area contributed by atoms with Gasteiger partial charge in [0.2, 0.25) is 17.8 Å². The van der Waals surface area contributed by atoms with Crippen LogP contribution in [0.5, 0.6) is 0 Å². The fourth-order valence-corrected chi connectivity index (χ4v) is 11.1. The number of piperazine rings is 1. The summed E-state index contributed by atoms with van der Waals surface area (Å²) < 4.78 is 3.32. The molecule has 3 saturated heterocycles. The summed E-state index contributed by atoms with van der Waals surface area (Å²) in [5.74, 6) is -0.381. The number of anilines is 4. The number of amides is 4. The van der Waals surface area contributed by atoms with Crippen molar-refractivity contribution in [2.75, 3.05) is 60.9 Å². The van der Waals surface area contributed by atoms with Crippen molar-refractivity contribution in [3.05, 3.63) is 106 Å². The lowest BCUT2D eigenvalue weighted by Crippen LogP contribution is -2.54. The first-order valence-electron chi connectivity index (χ1n) is 23.2. The fraction of sp³-hybridized carbons (Fsp3) is 0.429. The van der Waals surface area contributed by atoms with E-state index in [0.29, 0.717) is 70.3 Å². The number of benzene rings is 2. The molecule has 17 heteroatoms. The number of nitrogens with zero attached hydrogens (tertiary/aromatic N) is 9. The molecule has 2 aromatic carbocycles. The monoisotopic (exact) mass is 891 g/mol. The maximum Gasteiger partial charge on any atom is 0.278 e. The molecule has 1 aliphatic carbocycles. The van der Waals surface area contributed by atoms with Gasteiger partial charge in [-0.25, -0.2) is 19.3 Å². The van der Waals surface area contributed by atoms with E-state index < -0.39 is 29.4 Å². The van der Waals surface area contributed by atoms with Gasteiger partial charge in [-0.2, -0.15) is 4.98 Å². The van der Waals surface area contributed by atoms with Crippen molar-refractivity contribution in [2.45, 2.75) is 76.5 Å². The zero-order chi connectivity index (χ0) is 45.3. The first kappa shape index (κ1) is 41.9. The normalized spacial score (nSPS) is 23.9. The lowest BCUT2D eigenvalue weighted by atomic mass is 9.57. The van der Waals surface area contributed by atoms with Crippen molar-refractivity contribution < 1.29 is 24.3 Å². The number of allylic oxidation sites excluding steroid dienone is 2. The van der Waals surface area contributed by atoms with Gasteiger partial charge in [-0.1, -0.05) is 18.2 Å². The molecule has 6 aliphatic rings. The molecule has 66 heavy (non-hydrogen) atoms. The number of hydrogen-bond acceptors (Lipinski definition) is 13. The molecular weight excluding hydrogens is 839 g/mol. The maximum absolute atomic E-state index is 13.6. The predicted octanol–water partition coefficient (Wildman–Crippen LogP) is 4.50. The fourth-order valence-electron chi connectivity index (χ4n) is 11.1. The summed E-state index contributed by atoms with van der Waals surface area (Å²) >= 11 is 0. The second-order valence-corrected chi connectivity index (χ2v) is 19.2. The summed E-state index contributed by atoms with van der Waals surface area (Å²) in [5.41, 5.74) is 3.55. The molecule has 5 aliphatic heterocycles. The minimum atomic E-state index is -1.12. The largest absolute Gasteiger partial charge is 0.384 e. The maximum atomic E-state index is 13.6. The van der Waals surface area contributed by atoms with Crippen LogP contribution in [0.15, 0.2) is 83.8 Å². The number of fused-ring (bicyclic) bond motifs is 7. The Labute approximate surface area is 381 Å². The zero-order valence-electron chi connectivity index (χ0n) is 37.0. The predicted molar refractivity (Wildman–Crippen MR) is 247 cm³/mol. The van der Waals surface area contributed by atoms with E-state index in [1.54, 1.807) is 34.6 Å². The van der Waals surface area contributed by atoms with Crippen LogP contribution in [0.3, 0.4) is 0 Å². The highest BCUT2D eigenvalue weighted by Gasteiger charge is 2.47. The second-order valence-electron chi connectivity index (χ2n) is 19.2. The number of carbonyl (C=O) groups excluding carboxylic acids is 4. The van der Waals surface area contributed by atoms with Gasteiger partial charge >= 0.3 is 0 Å². The number of aliphatic hydroxyl groups is 1. The Bertz CT molecular complexity index is 2860.